The number of hydrogen-bond acceptors (Lipinski definition) is 7. The number of piperidine rings is 1. The molecule has 0 N–H and O–H groups in total. The summed E-state index contributed by atoms with van der Waals surface area (Å²) in [4.78, 5) is 19.2. The second-order valence-corrected chi connectivity index (χ2v) is 8.00. The number of amides is 1. The second-order valence-electron chi connectivity index (χ2n) is 7.01. The number of rotatable bonds is 4. The maximum Gasteiger partial charge on any atom is 0.274 e. The predicted molar refractivity (Wildman–Crippen MR) is 108 cm³/mol. The summed E-state index contributed by atoms with van der Waals surface area (Å²) < 4.78 is 21.6. The minimum absolute atomic E-state index is 0.0213. The van der Waals surface area contributed by atoms with Crippen molar-refractivity contribution in [3.05, 3.63) is 60.2 Å². The monoisotopic (exact) mass is 424 g/mol. The third-order valence-electron chi connectivity index (χ3n) is 5.03. The number of halogens is 1. The molecule has 2 aromatic carbocycles. The summed E-state index contributed by atoms with van der Waals surface area (Å²) in [5.74, 6) is -0.312. The highest BCUT2D eigenvalue weighted by Crippen LogP contribution is 2.30. The van der Waals surface area contributed by atoms with Crippen molar-refractivity contribution >= 4 is 27.5 Å². The Morgan fingerprint density at radius 3 is 2.83 bits per heavy atom. The molecule has 1 aliphatic rings. The Kier molecular flexibility index (Phi) is 4.83. The Balaban J connectivity index is 1.22. The first-order valence-corrected chi connectivity index (χ1v) is 10.3. The normalized spacial score (nSPS) is 14.9. The van der Waals surface area contributed by atoms with Gasteiger partial charge in [0.05, 0.1) is 15.9 Å². The standard InChI is InChI=1S/C20H17FN6O2S/c21-14-4-5-17-18(11-14)30-20(23-17)29-16-6-8-26(9-7-16)19(28)13-2-1-3-15(10-13)27-12-22-24-25-27/h1-5,10-12,16H,6-9H2. The van der Waals surface area contributed by atoms with E-state index in [-0.39, 0.29) is 17.8 Å². The van der Waals surface area contributed by atoms with Crippen LogP contribution in [0.1, 0.15) is 23.2 Å². The van der Waals surface area contributed by atoms with E-state index in [1.807, 2.05) is 17.0 Å². The van der Waals surface area contributed by atoms with Crippen molar-refractivity contribution in [2.24, 2.45) is 0 Å². The Morgan fingerprint density at radius 2 is 2.03 bits per heavy atom. The van der Waals surface area contributed by atoms with Crippen LogP contribution in [0.3, 0.4) is 0 Å². The van der Waals surface area contributed by atoms with E-state index < -0.39 is 0 Å². The van der Waals surface area contributed by atoms with Gasteiger partial charge in [-0.3, -0.25) is 4.79 Å². The molecule has 1 saturated heterocycles. The van der Waals surface area contributed by atoms with E-state index in [9.17, 15) is 9.18 Å². The molecule has 0 bridgehead atoms. The van der Waals surface area contributed by atoms with E-state index in [4.69, 9.17) is 4.74 Å². The topological polar surface area (TPSA) is 86.0 Å². The quantitative estimate of drug-likeness (QED) is 0.500. The van der Waals surface area contributed by atoms with Gasteiger partial charge >= 0.3 is 0 Å². The van der Waals surface area contributed by atoms with Crippen LogP contribution in [0.15, 0.2) is 48.8 Å². The van der Waals surface area contributed by atoms with Crippen molar-refractivity contribution in [1.29, 1.82) is 0 Å². The molecule has 0 aliphatic carbocycles. The molecular formula is C20H17FN6O2S. The number of ether oxygens (including phenoxy) is 1. The fourth-order valence-corrected chi connectivity index (χ4v) is 4.40. The summed E-state index contributed by atoms with van der Waals surface area (Å²) in [6.45, 7) is 1.19. The zero-order valence-electron chi connectivity index (χ0n) is 15.8. The maximum atomic E-state index is 13.4. The summed E-state index contributed by atoms with van der Waals surface area (Å²) in [7, 11) is 0. The van der Waals surface area contributed by atoms with E-state index in [0.717, 1.165) is 15.9 Å². The molecule has 1 fully saturated rings. The first-order chi connectivity index (χ1) is 14.7. The molecule has 1 aliphatic heterocycles. The lowest BCUT2D eigenvalue weighted by molar-refractivity contribution is 0.0595. The van der Waals surface area contributed by atoms with Gasteiger partial charge in [0, 0.05) is 31.5 Å². The number of benzene rings is 2. The largest absolute Gasteiger partial charge is 0.467 e. The molecule has 8 nitrogen and oxygen atoms in total. The van der Waals surface area contributed by atoms with Crippen molar-refractivity contribution in [2.45, 2.75) is 18.9 Å². The third kappa shape index (κ3) is 3.73. The predicted octanol–water partition coefficient (Wildman–Crippen LogP) is 3.09. The number of carbonyl (C=O) groups excluding carboxylic acids is 1. The number of carbonyl (C=O) groups is 1. The Hall–Kier alpha value is -3.40. The number of fused-ring (bicyclic) bond motifs is 1. The average Bonchev–Trinajstić information content (AvgIpc) is 3.43. The molecule has 0 atom stereocenters. The van der Waals surface area contributed by atoms with Gasteiger partial charge in [-0.2, -0.15) is 0 Å². The lowest BCUT2D eigenvalue weighted by atomic mass is 10.1. The average molecular weight is 424 g/mol. The van der Waals surface area contributed by atoms with Crippen LogP contribution in [-0.2, 0) is 0 Å². The van der Waals surface area contributed by atoms with Gasteiger partial charge < -0.3 is 9.64 Å². The van der Waals surface area contributed by atoms with Crippen molar-refractivity contribution < 1.29 is 13.9 Å². The summed E-state index contributed by atoms with van der Waals surface area (Å²) in [5, 5.41) is 11.6. The third-order valence-corrected chi connectivity index (χ3v) is 5.94. The first-order valence-electron chi connectivity index (χ1n) is 9.51. The van der Waals surface area contributed by atoms with Crippen LogP contribution in [0, 0.1) is 5.82 Å². The van der Waals surface area contributed by atoms with Gasteiger partial charge in [0.2, 0.25) is 0 Å². The van der Waals surface area contributed by atoms with Crippen LogP contribution in [0.5, 0.6) is 5.19 Å². The smallest absolute Gasteiger partial charge is 0.274 e. The molecule has 3 heterocycles. The van der Waals surface area contributed by atoms with Crippen LogP contribution in [0.2, 0.25) is 0 Å². The summed E-state index contributed by atoms with van der Waals surface area (Å²) in [5.41, 5.74) is 2.05. The van der Waals surface area contributed by atoms with Crippen molar-refractivity contribution in [1.82, 2.24) is 30.1 Å². The molecule has 4 aromatic rings. The molecule has 0 saturated carbocycles. The molecule has 1 amide bonds. The molecule has 2 aromatic heterocycles. The van der Waals surface area contributed by atoms with Crippen molar-refractivity contribution in [3.8, 4) is 10.9 Å². The van der Waals surface area contributed by atoms with Gasteiger partial charge in [-0.05, 0) is 46.8 Å². The molecule has 30 heavy (non-hydrogen) atoms. The highest BCUT2D eigenvalue weighted by Gasteiger charge is 2.25. The van der Waals surface area contributed by atoms with Crippen LogP contribution in [-0.4, -0.2) is 55.2 Å². The second kappa shape index (κ2) is 7.79. The van der Waals surface area contributed by atoms with E-state index in [1.54, 1.807) is 18.2 Å². The Bertz CT molecular complexity index is 1190. The van der Waals surface area contributed by atoms with Crippen molar-refractivity contribution in [3.63, 3.8) is 0 Å². The lowest BCUT2D eigenvalue weighted by Gasteiger charge is -2.31. The molecule has 0 unspecified atom stereocenters. The zero-order chi connectivity index (χ0) is 20.5. The van der Waals surface area contributed by atoms with E-state index in [0.29, 0.717) is 36.7 Å². The number of tetrazole rings is 1. The summed E-state index contributed by atoms with van der Waals surface area (Å²) in [6, 6.07) is 11.7. The van der Waals surface area contributed by atoms with Gasteiger partial charge in [-0.1, -0.05) is 17.4 Å². The van der Waals surface area contributed by atoms with Crippen LogP contribution >= 0.6 is 11.3 Å². The Labute approximate surface area is 174 Å². The number of nitrogens with zero attached hydrogens (tertiary/aromatic N) is 6. The van der Waals surface area contributed by atoms with Gasteiger partial charge in [0.1, 0.15) is 18.2 Å². The van der Waals surface area contributed by atoms with Crippen molar-refractivity contribution in [2.75, 3.05) is 13.1 Å². The summed E-state index contributed by atoms with van der Waals surface area (Å²) in [6.07, 6.45) is 2.89. The summed E-state index contributed by atoms with van der Waals surface area (Å²) >= 11 is 1.34. The molecule has 152 valence electrons. The molecule has 10 heteroatoms. The molecular weight excluding hydrogens is 407 g/mol. The van der Waals surface area contributed by atoms with E-state index >= 15 is 0 Å². The highest BCUT2D eigenvalue weighted by atomic mass is 32.1. The van der Waals surface area contributed by atoms with Crippen LogP contribution in [0.4, 0.5) is 4.39 Å². The first kappa shape index (κ1) is 18.6. The maximum absolute atomic E-state index is 13.4. The van der Waals surface area contributed by atoms with Gasteiger partial charge in [-0.25, -0.2) is 14.1 Å². The molecule has 0 spiro atoms. The fourth-order valence-electron chi connectivity index (χ4n) is 3.49. The number of likely N-dealkylation sites (tertiary alicyclic amines) is 1. The number of aromatic nitrogens is 5. The molecule has 5 rings (SSSR count). The zero-order valence-corrected chi connectivity index (χ0v) is 16.6. The molecule has 0 radical (unpaired) electrons. The number of hydrogen-bond donors (Lipinski definition) is 0. The highest BCUT2D eigenvalue weighted by molar-refractivity contribution is 7.20. The minimum Gasteiger partial charge on any atom is -0.467 e. The van der Waals surface area contributed by atoms with Gasteiger partial charge in [0.25, 0.3) is 11.1 Å². The number of thiazole rings is 1. The van der Waals surface area contributed by atoms with E-state index in [1.165, 1.54) is 34.5 Å². The van der Waals surface area contributed by atoms with Gasteiger partial charge in [-0.15, -0.1) is 5.10 Å². The van der Waals surface area contributed by atoms with Crippen LogP contribution in [0.25, 0.3) is 15.9 Å². The SMILES string of the molecule is O=C(c1cccc(-n2cnnn2)c1)N1CCC(Oc2nc3ccc(F)cc3s2)CC1. The van der Waals surface area contributed by atoms with Crippen LogP contribution < -0.4 is 4.74 Å². The fraction of sp³-hybridized carbons (Fsp3) is 0.250. The van der Waals surface area contributed by atoms with E-state index in [2.05, 4.69) is 20.5 Å². The minimum atomic E-state index is -0.284. The van der Waals surface area contributed by atoms with Gasteiger partial charge in [0.15, 0.2) is 0 Å². The lowest BCUT2D eigenvalue weighted by Crippen LogP contribution is -2.41. The Morgan fingerprint density at radius 1 is 1.17 bits per heavy atom.